The topological polar surface area (TPSA) is 19.4 Å². The summed E-state index contributed by atoms with van der Waals surface area (Å²) in [6.07, 6.45) is 5.72. The van der Waals surface area contributed by atoms with E-state index in [1.54, 1.807) is 0 Å². The van der Waals surface area contributed by atoms with Gasteiger partial charge in [-0.25, -0.2) is 4.98 Å². The molecule has 3 heteroatoms. The first-order chi connectivity index (χ1) is 10.1. The van der Waals surface area contributed by atoms with Crippen LogP contribution in [0, 0.1) is 0 Å². The van der Waals surface area contributed by atoms with E-state index in [0.717, 1.165) is 26.1 Å². The number of anilines is 1. The minimum atomic E-state index is 0.557. The monoisotopic (exact) mass is 289 g/mol. The molecule has 118 valence electrons. The summed E-state index contributed by atoms with van der Waals surface area (Å²) >= 11 is 0. The molecule has 0 aliphatic carbocycles. The molecule has 0 aromatic carbocycles. The number of aromatic nitrogens is 1. The first-order valence-electron chi connectivity index (χ1n) is 8.50. The van der Waals surface area contributed by atoms with Gasteiger partial charge in [-0.2, -0.15) is 0 Å². The van der Waals surface area contributed by atoms with Gasteiger partial charge in [-0.3, -0.25) is 4.90 Å². The van der Waals surface area contributed by atoms with Crippen molar-refractivity contribution in [1.29, 1.82) is 0 Å². The van der Waals surface area contributed by atoms with E-state index < -0.39 is 0 Å². The quantitative estimate of drug-likeness (QED) is 0.824. The molecule has 0 saturated carbocycles. The van der Waals surface area contributed by atoms with E-state index >= 15 is 0 Å². The normalized spacial score (nSPS) is 20.3. The van der Waals surface area contributed by atoms with Gasteiger partial charge in [-0.15, -0.1) is 0 Å². The van der Waals surface area contributed by atoms with Gasteiger partial charge >= 0.3 is 0 Å². The summed E-state index contributed by atoms with van der Waals surface area (Å²) in [4.78, 5) is 9.74. The number of aryl methyl sites for hydroxylation is 1. The summed E-state index contributed by atoms with van der Waals surface area (Å²) in [7, 11) is 2.25. The predicted octanol–water partition coefficient (Wildman–Crippen LogP) is 3.69. The Balaban J connectivity index is 2.18. The molecule has 0 spiro atoms. The second-order valence-electron chi connectivity index (χ2n) is 6.62. The number of nitrogens with zero attached hydrogens (tertiary/aromatic N) is 3. The molecule has 1 fully saturated rings. The Morgan fingerprint density at radius 2 is 2.05 bits per heavy atom. The molecule has 1 aliphatic heterocycles. The molecule has 0 bridgehead atoms. The third-order valence-corrected chi connectivity index (χ3v) is 4.74. The van der Waals surface area contributed by atoms with Crippen LogP contribution in [0.25, 0.3) is 0 Å². The lowest BCUT2D eigenvalue weighted by Crippen LogP contribution is -2.51. The Morgan fingerprint density at radius 1 is 1.29 bits per heavy atom. The number of hydrogen-bond acceptors (Lipinski definition) is 3. The maximum absolute atomic E-state index is 4.76. The number of piperazine rings is 1. The first kappa shape index (κ1) is 16.3. The minimum Gasteiger partial charge on any atom is -0.354 e. The molecule has 0 radical (unpaired) electrons. The van der Waals surface area contributed by atoms with Crippen molar-refractivity contribution >= 4 is 5.82 Å². The van der Waals surface area contributed by atoms with Crippen molar-refractivity contribution in [3.8, 4) is 0 Å². The zero-order chi connectivity index (χ0) is 15.4. The van der Waals surface area contributed by atoms with Crippen LogP contribution in [0.2, 0.25) is 0 Å². The number of pyridine rings is 1. The number of likely N-dealkylation sites (N-methyl/N-ethyl adjacent to an activating group) is 1. The highest BCUT2D eigenvalue weighted by Gasteiger charge is 2.24. The predicted molar refractivity (Wildman–Crippen MR) is 91.2 cm³/mol. The average Bonchev–Trinajstić information content (AvgIpc) is 2.49. The van der Waals surface area contributed by atoms with E-state index in [0.29, 0.717) is 12.0 Å². The lowest BCUT2D eigenvalue weighted by molar-refractivity contribution is 0.206. The second kappa shape index (κ2) is 7.26. The molecule has 1 unspecified atom stereocenters. The molecular weight excluding hydrogens is 258 g/mol. The lowest BCUT2D eigenvalue weighted by atomic mass is 9.97. The van der Waals surface area contributed by atoms with E-state index in [1.807, 2.05) is 0 Å². The van der Waals surface area contributed by atoms with Crippen LogP contribution in [-0.4, -0.2) is 42.6 Å². The highest BCUT2D eigenvalue weighted by molar-refractivity contribution is 5.45. The molecule has 21 heavy (non-hydrogen) atoms. The fourth-order valence-corrected chi connectivity index (χ4v) is 3.29. The van der Waals surface area contributed by atoms with Crippen molar-refractivity contribution in [2.75, 3.05) is 31.6 Å². The molecular formula is C18H31N3. The van der Waals surface area contributed by atoms with E-state index in [2.05, 4.69) is 56.8 Å². The van der Waals surface area contributed by atoms with Crippen molar-refractivity contribution in [3.63, 3.8) is 0 Å². The summed E-state index contributed by atoms with van der Waals surface area (Å²) < 4.78 is 0. The maximum atomic E-state index is 4.76. The molecule has 1 saturated heterocycles. The standard InChI is InChI=1S/C18H31N3/c1-6-8-16-13-21(10-9-20(16)5)18-11-15(7-2)17(12-19-18)14(3)4/h11-12,14,16H,6-10,13H2,1-5H3. The van der Waals surface area contributed by atoms with E-state index in [-0.39, 0.29) is 0 Å². The van der Waals surface area contributed by atoms with Crippen LogP contribution in [-0.2, 0) is 6.42 Å². The van der Waals surface area contributed by atoms with Gasteiger partial charge in [0.25, 0.3) is 0 Å². The zero-order valence-corrected chi connectivity index (χ0v) is 14.4. The van der Waals surface area contributed by atoms with Gasteiger partial charge in [0.15, 0.2) is 0 Å². The first-order valence-corrected chi connectivity index (χ1v) is 8.50. The molecule has 0 amide bonds. The minimum absolute atomic E-state index is 0.557. The fraction of sp³-hybridized carbons (Fsp3) is 0.722. The summed E-state index contributed by atoms with van der Waals surface area (Å²) in [6, 6.07) is 2.99. The van der Waals surface area contributed by atoms with Gasteiger partial charge < -0.3 is 4.90 Å². The summed E-state index contributed by atoms with van der Waals surface area (Å²) in [5.41, 5.74) is 2.86. The number of hydrogen-bond donors (Lipinski definition) is 0. The van der Waals surface area contributed by atoms with Gasteiger partial charge in [-0.05, 0) is 43.0 Å². The Bertz CT molecular complexity index is 456. The van der Waals surface area contributed by atoms with E-state index in [9.17, 15) is 0 Å². The Hall–Kier alpha value is -1.09. The van der Waals surface area contributed by atoms with Gasteiger partial charge in [0.2, 0.25) is 0 Å². The van der Waals surface area contributed by atoms with Crippen LogP contribution in [0.1, 0.15) is 57.6 Å². The Labute approximate surface area is 130 Å². The van der Waals surface area contributed by atoms with E-state index in [4.69, 9.17) is 4.98 Å². The van der Waals surface area contributed by atoms with Crippen LogP contribution in [0.3, 0.4) is 0 Å². The average molecular weight is 289 g/mol. The molecule has 2 rings (SSSR count). The van der Waals surface area contributed by atoms with Gasteiger partial charge in [0.05, 0.1) is 0 Å². The van der Waals surface area contributed by atoms with Crippen molar-refractivity contribution in [1.82, 2.24) is 9.88 Å². The van der Waals surface area contributed by atoms with Crippen LogP contribution in [0.15, 0.2) is 12.3 Å². The molecule has 1 aromatic rings. The third-order valence-electron chi connectivity index (χ3n) is 4.74. The second-order valence-corrected chi connectivity index (χ2v) is 6.62. The third kappa shape index (κ3) is 3.76. The van der Waals surface area contributed by atoms with Crippen LogP contribution in [0.5, 0.6) is 0 Å². The summed E-state index contributed by atoms with van der Waals surface area (Å²) in [5, 5.41) is 0. The van der Waals surface area contributed by atoms with Crippen LogP contribution in [0.4, 0.5) is 5.82 Å². The van der Waals surface area contributed by atoms with Crippen LogP contribution < -0.4 is 4.90 Å². The molecule has 1 aliphatic rings. The molecule has 1 atom stereocenters. The molecule has 3 nitrogen and oxygen atoms in total. The molecule has 0 N–H and O–H groups in total. The van der Waals surface area contributed by atoms with Gasteiger partial charge in [0.1, 0.15) is 5.82 Å². The fourth-order valence-electron chi connectivity index (χ4n) is 3.29. The highest BCUT2D eigenvalue weighted by atomic mass is 15.3. The Morgan fingerprint density at radius 3 is 2.67 bits per heavy atom. The molecule has 2 heterocycles. The largest absolute Gasteiger partial charge is 0.354 e. The van der Waals surface area contributed by atoms with Crippen LogP contribution >= 0.6 is 0 Å². The SMILES string of the molecule is CCCC1CN(c2cc(CC)c(C(C)C)cn2)CCN1C. The van der Waals surface area contributed by atoms with Gasteiger partial charge in [0, 0.05) is 31.9 Å². The van der Waals surface area contributed by atoms with Crippen molar-refractivity contribution < 1.29 is 0 Å². The summed E-state index contributed by atoms with van der Waals surface area (Å²) in [6.45, 7) is 12.4. The molecule has 1 aromatic heterocycles. The van der Waals surface area contributed by atoms with E-state index in [1.165, 1.54) is 29.8 Å². The van der Waals surface area contributed by atoms with Crippen molar-refractivity contribution in [3.05, 3.63) is 23.4 Å². The lowest BCUT2D eigenvalue weighted by Gasteiger charge is -2.40. The van der Waals surface area contributed by atoms with Crippen molar-refractivity contribution in [2.45, 2.75) is 58.9 Å². The summed E-state index contributed by atoms with van der Waals surface area (Å²) in [5.74, 6) is 1.73. The van der Waals surface area contributed by atoms with Gasteiger partial charge in [-0.1, -0.05) is 34.1 Å². The number of rotatable bonds is 5. The zero-order valence-electron chi connectivity index (χ0n) is 14.4. The smallest absolute Gasteiger partial charge is 0.128 e. The maximum Gasteiger partial charge on any atom is 0.128 e. The van der Waals surface area contributed by atoms with Crippen molar-refractivity contribution in [2.24, 2.45) is 0 Å². The Kier molecular flexibility index (Phi) is 5.63. The highest BCUT2D eigenvalue weighted by Crippen LogP contribution is 2.25.